The van der Waals surface area contributed by atoms with Gasteiger partial charge in [-0.3, -0.25) is 9.59 Å². The minimum Gasteiger partial charge on any atom is -0.485 e. The Morgan fingerprint density at radius 3 is 2.47 bits per heavy atom. The Balaban J connectivity index is 1.26. The molecule has 0 radical (unpaired) electrons. The Kier molecular flexibility index (Phi) is 6.40. The first-order chi connectivity index (χ1) is 15.3. The van der Waals surface area contributed by atoms with E-state index in [1.54, 1.807) is 28.0 Å². The molecule has 4 rings (SSSR count). The summed E-state index contributed by atoms with van der Waals surface area (Å²) in [7, 11) is 0. The topological polar surface area (TPSA) is 84.9 Å². The Hall–Kier alpha value is -3.02. The molecule has 0 aliphatic carbocycles. The fourth-order valence-electron chi connectivity index (χ4n) is 3.31. The molecule has 2 aliphatic rings. The predicted octanol–water partition coefficient (Wildman–Crippen LogP) is 2.10. The van der Waals surface area contributed by atoms with Crippen LogP contribution in [0.1, 0.15) is 5.69 Å². The number of hydrogen-bond acceptors (Lipinski definition) is 7. The SMILES string of the molecule is O=C(CSc1nccc(C(F)(F)F)n1)N1CCN(C(=O)C2COc3ccccc3O2)CC1. The maximum absolute atomic E-state index is 12.8. The maximum atomic E-state index is 12.8. The fourth-order valence-corrected chi connectivity index (χ4v) is 4.04. The lowest BCUT2D eigenvalue weighted by Crippen LogP contribution is -2.55. The van der Waals surface area contributed by atoms with Crippen molar-refractivity contribution in [2.75, 3.05) is 38.5 Å². The first kappa shape index (κ1) is 22.2. The number of thioether (sulfide) groups is 1. The van der Waals surface area contributed by atoms with Crippen molar-refractivity contribution in [3.05, 3.63) is 42.2 Å². The second-order valence-corrected chi connectivity index (χ2v) is 8.02. The Morgan fingerprint density at radius 2 is 1.75 bits per heavy atom. The fraction of sp³-hybridized carbons (Fsp3) is 0.400. The number of hydrogen-bond donors (Lipinski definition) is 0. The van der Waals surface area contributed by atoms with E-state index in [1.165, 1.54) is 0 Å². The number of aromatic nitrogens is 2. The summed E-state index contributed by atoms with van der Waals surface area (Å²) in [6.07, 6.45) is -4.30. The molecule has 3 heterocycles. The molecule has 170 valence electrons. The molecule has 2 amide bonds. The Morgan fingerprint density at radius 1 is 1.06 bits per heavy atom. The van der Waals surface area contributed by atoms with Crippen LogP contribution in [0.3, 0.4) is 0 Å². The van der Waals surface area contributed by atoms with E-state index in [0.717, 1.165) is 24.0 Å². The van der Waals surface area contributed by atoms with Crippen LogP contribution in [0, 0.1) is 0 Å². The number of benzene rings is 1. The van der Waals surface area contributed by atoms with E-state index < -0.39 is 18.0 Å². The summed E-state index contributed by atoms with van der Waals surface area (Å²) in [5.74, 6) is 0.549. The van der Waals surface area contributed by atoms with Crippen LogP contribution in [0.15, 0.2) is 41.7 Å². The number of amides is 2. The number of ether oxygens (including phenoxy) is 2. The molecule has 2 aromatic rings. The van der Waals surface area contributed by atoms with Crippen LogP contribution in [0.4, 0.5) is 13.2 Å². The Bertz CT molecular complexity index is 999. The van der Waals surface area contributed by atoms with Gasteiger partial charge >= 0.3 is 6.18 Å². The maximum Gasteiger partial charge on any atom is 0.433 e. The average Bonchev–Trinajstić information content (AvgIpc) is 2.81. The highest BCUT2D eigenvalue weighted by atomic mass is 32.2. The van der Waals surface area contributed by atoms with Crippen molar-refractivity contribution in [2.24, 2.45) is 0 Å². The van der Waals surface area contributed by atoms with Gasteiger partial charge in [0.1, 0.15) is 12.3 Å². The summed E-state index contributed by atoms with van der Waals surface area (Å²) >= 11 is 0.845. The van der Waals surface area contributed by atoms with Gasteiger partial charge < -0.3 is 19.3 Å². The molecule has 1 unspecified atom stereocenters. The monoisotopic (exact) mass is 468 g/mol. The van der Waals surface area contributed by atoms with E-state index in [4.69, 9.17) is 9.47 Å². The van der Waals surface area contributed by atoms with Crippen LogP contribution in [-0.2, 0) is 15.8 Å². The smallest absolute Gasteiger partial charge is 0.433 e. The predicted molar refractivity (Wildman–Crippen MR) is 107 cm³/mol. The standard InChI is InChI=1S/C20H19F3N4O4S/c21-20(22,23)16-5-6-24-19(25-16)32-12-17(28)26-7-9-27(10-8-26)18(29)15-11-30-13-3-1-2-4-14(13)31-15/h1-6,15H,7-12H2. The zero-order chi connectivity index (χ0) is 22.7. The largest absolute Gasteiger partial charge is 0.485 e. The van der Waals surface area contributed by atoms with Gasteiger partial charge in [-0.05, 0) is 18.2 Å². The highest BCUT2D eigenvalue weighted by Crippen LogP contribution is 2.31. The quantitative estimate of drug-likeness (QED) is 0.502. The number of fused-ring (bicyclic) bond motifs is 1. The van der Waals surface area contributed by atoms with Crippen LogP contribution in [0.2, 0.25) is 0 Å². The molecule has 0 N–H and O–H groups in total. The summed E-state index contributed by atoms with van der Waals surface area (Å²) in [6.45, 7) is 1.41. The van der Waals surface area contributed by atoms with Crippen molar-refractivity contribution in [1.29, 1.82) is 0 Å². The lowest BCUT2D eigenvalue weighted by molar-refractivity contribution is -0.145. The summed E-state index contributed by atoms with van der Waals surface area (Å²) in [6, 6.07) is 7.89. The van der Waals surface area contributed by atoms with E-state index in [-0.39, 0.29) is 29.3 Å². The molecule has 12 heteroatoms. The van der Waals surface area contributed by atoms with E-state index >= 15 is 0 Å². The molecule has 1 saturated heterocycles. The van der Waals surface area contributed by atoms with Gasteiger partial charge in [0.25, 0.3) is 5.91 Å². The molecule has 0 spiro atoms. The molecule has 1 aromatic carbocycles. The number of para-hydroxylation sites is 2. The first-order valence-corrected chi connectivity index (χ1v) is 10.8. The number of rotatable bonds is 4. The van der Waals surface area contributed by atoms with Crippen LogP contribution in [-0.4, -0.2) is 76.2 Å². The van der Waals surface area contributed by atoms with Crippen molar-refractivity contribution in [3.63, 3.8) is 0 Å². The molecule has 1 aromatic heterocycles. The molecule has 0 bridgehead atoms. The van der Waals surface area contributed by atoms with E-state index in [2.05, 4.69) is 9.97 Å². The van der Waals surface area contributed by atoms with Crippen LogP contribution in [0.25, 0.3) is 0 Å². The van der Waals surface area contributed by atoms with E-state index in [9.17, 15) is 22.8 Å². The molecule has 2 aliphatic heterocycles. The summed E-state index contributed by atoms with van der Waals surface area (Å²) in [5, 5.41) is -0.114. The summed E-state index contributed by atoms with van der Waals surface area (Å²) in [5.41, 5.74) is -1.05. The van der Waals surface area contributed by atoms with Crippen molar-refractivity contribution in [3.8, 4) is 11.5 Å². The Labute approximate surface area is 185 Å². The zero-order valence-corrected chi connectivity index (χ0v) is 17.6. The van der Waals surface area contributed by atoms with Crippen molar-refractivity contribution >= 4 is 23.6 Å². The number of nitrogens with zero attached hydrogens (tertiary/aromatic N) is 4. The first-order valence-electron chi connectivity index (χ1n) is 9.79. The number of halogens is 3. The molecule has 1 fully saturated rings. The third-order valence-corrected chi connectivity index (χ3v) is 5.82. The van der Waals surface area contributed by atoms with Gasteiger partial charge in [0.15, 0.2) is 16.7 Å². The normalized spacial score (nSPS) is 18.4. The lowest BCUT2D eigenvalue weighted by Gasteiger charge is -2.37. The van der Waals surface area contributed by atoms with Gasteiger partial charge in [0, 0.05) is 32.4 Å². The molecular weight excluding hydrogens is 449 g/mol. The minimum absolute atomic E-state index is 0.0916. The van der Waals surface area contributed by atoms with Crippen molar-refractivity contribution in [1.82, 2.24) is 19.8 Å². The summed E-state index contributed by atoms with van der Waals surface area (Å²) in [4.78, 5) is 35.6. The lowest BCUT2D eigenvalue weighted by atomic mass is 10.2. The number of carbonyl (C=O) groups is 2. The van der Waals surface area contributed by atoms with Gasteiger partial charge in [-0.2, -0.15) is 13.2 Å². The van der Waals surface area contributed by atoms with E-state index in [0.29, 0.717) is 37.7 Å². The summed E-state index contributed by atoms with van der Waals surface area (Å²) < 4.78 is 49.6. The van der Waals surface area contributed by atoms with Gasteiger partial charge in [-0.15, -0.1) is 0 Å². The van der Waals surface area contributed by atoms with Crippen LogP contribution in [0.5, 0.6) is 11.5 Å². The van der Waals surface area contributed by atoms with Gasteiger partial charge in [-0.25, -0.2) is 9.97 Å². The van der Waals surface area contributed by atoms with Crippen LogP contribution < -0.4 is 9.47 Å². The minimum atomic E-state index is -4.57. The number of piperazine rings is 1. The third kappa shape index (κ3) is 5.06. The second-order valence-electron chi connectivity index (χ2n) is 7.08. The zero-order valence-electron chi connectivity index (χ0n) is 16.7. The molecule has 1 atom stereocenters. The highest BCUT2D eigenvalue weighted by molar-refractivity contribution is 7.99. The third-order valence-electron chi connectivity index (χ3n) is 4.98. The average molecular weight is 468 g/mol. The van der Waals surface area contributed by atoms with Crippen molar-refractivity contribution in [2.45, 2.75) is 17.4 Å². The number of carbonyl (C=O) groups excluding carboxylic acids is 2. The highest BCUT2D eigenvalue weighted by Gasteiger charge is 2.34. The van der Waals surface area contributed by atoms with Crippen LogP contribution >= 0.6 is 11.8 Å². The van der Waals surface area contributed by atoms with Gasteiger partial charge in [0.2, 0.25) is 12.0 Å². The molecule has 8 nitrogen and oxygen atoms in total. The van der Waals surface area contributed by atoms with Gasteiger partial charge in [0.05, 0.1) is 5.75 Å². The van der Waals surface area contributed by atoms with Gasteiger partial charge in [-0.1, -0.05) is 23.9 Å². The second kappa shape index (κ2) is 9.23. The molecule has 32 heavy (non-hydrogen) atoms. The van der Waals surface area contributed by atoms with E-state index in [1.807, 2.05) is 6.07 Å². The number of alkyl halides is 3. The molecular formula is C20H19F3N4O4S. The molecule has 0 saturated carbocycles. The van der Waals surface area contributed by atoms with Crippen molar-refractivity contribution < 1.29 is 32.2 Å².